The van der Waals surface area contributed by atoms with E-state index in [1.807, 2.05) is 61.5 Å². The van der Waals surface area contributed by atoms with Gasteiger partial charge in [0.25, 0.3) is 5.56 Å². The highest BCUT2D eigenvalue weighted by atomic mass is 35.5. The van der Waals surface area contributed by atoms with Crippen molar-refractivity contribution in [2.45, 2.75) is 39.7 Å². The molecule has 0 atom stereocenters. The molecule has 0 spiro atoms. The van der Waals surface area contributed by atoms with Crippen LogP contribution in [0.5, 0.6) is 0 Å². The van der Waals surface area contributed by atoms with Crippen LogP contribution in [0.15, 0.2) is 77.6 Å². The number of hydrogen-bond donors (Lipinski definition) is 1. The normalized spacial score (nSPS) is 11.1. The minimum absolute atomic E-state index is 0.0711. The zero-order chi connectivity index (χ0) is 25.8. The highest BCUT2D eigenvalue weighted by Crippen LogP contribution is 2.30. The van der Waals surface area contributed by atoms with Crippen molar-refractivity contribution in [2.75, 3.05) is 0 Å². The molecule has 0 aliphatic heterocycles. The second-order valence-corrected chi connectivity index (χ2v) is 9.35. The van der Waals surface area contributed by atoms with Crippen LogP contribution < -0.4 is 5.56 Å². The first kappa shape index (κ1) is 24.6. The van der Waals surface area contributed by atoms with Gasteiger partial charge in [0.05, 0.1) is 17.8 Å². The molecule has 2 aromatic heterocycles. The Labute approximate surface area is 220 Å². The molecule has 3 aromatic carbocycles. The standard InChI is InChI=1S/C29H27ClN6O/c1-3-4-13-26-31-19(2)27(24-11-7-8-12-25(24)30)29(37)36(26)18-20-14-16-21(17-15-20)22-9-5-6-10-23(22)28-32-34-35-33-28/h5-12,14-17H,3-4,13,18H2,1-2H3,(H,32,33,34,35). The lowest BCUT2D eigenvalue weighted by Gasteiger charge is -2.17. The number of hydrogen-bond acceptors (Lipinski definition) is 5. The van der Waals surface area contributed by atoms with E-state index in [4.69, 9.17) is 16.6 Å². The SMILES string of the molecule is CCCCc1nc(C)c(-c2ccccc2Cl)c(=O)n1Cc1ccc(-c2ccccc2-c2nn[nH]n2)cc1. The van der Waals surface area contributed by atoms with Gasteiger partial charge in [-0.1, -0.05) is 91.7 Å². The van der Waals surface area contributed by atoms with Crippen molar-refractivity contribution in [3.05, 3.63) is 105 Å². The van der Waals surface area contributed by atoms with Gasteiger partial charge in [-0.3, -0.25) is 9.36 Å². The first-order valence-corrected chi connectivity index (χ1v) is 12.7. The second-order valence-electron chi connectivity index (χ2n) is 8.94. The molecule has 0 bridgehead atoms. The molecule has 0 fully saturated rings. The van der Waals surface area contributed by atoms with Crippen LogP contribution in [0.4, 0.5) is 0 Å². The van der Waals surface area contributed by atoms with Gasteiger partial charge in [-0.05, 0) is 41.3 Å². The molecular weight excluding hydrogens is 484 g/mol. The quantitative estimate of drug-likeness (QED) is 0.272. The molecule has 0 aliphatic rings. The van der Waals surface area contributed by atoms with E-state index < -0.39 is 0 Å². The summed E-state index contributed by atoms with van der Waals surface area (Å²) in [5.74, 6) is 1.34. The summed E-state index contributed by atoms with van der Waals surface area (Å²) in [5, 5.41) is 15.0. The highest BCUT2D eigenvalue weighted by Gasteiger charge is 2.18. The maximum absolute atomic E-state index is 13.8. The van der Waals surface area contributed by atoms with E-state index in [0.717, 1.165) is 47.3 Å². The summed E-state index contributed by atoms with van der Waals surface area (Å²) in [7, 11) is 0. The topological polar surface area (TPSA) is 89.4 Å². The van der Waals surface area contributed by atoms with Gasteiger partial charge in [-0.15, -0.1) is 10.2 Å². The lowest BCUT2D eigenvalue weighted by Crippen LogP contribution is -2.28. The number of nitrogens with zero attached hydrogens (tertiary/aromatic N) is 5. The Balaban J connectivity index is 1.53. The van der Waals surface area contributed by atoms with E-state index >= 15 is 0 Å². The van der Waals surface area contributed by atoms with Crippen molar-refractivity contribution in [2.24, 2.45) is 0 Å². The summed E-state index contributed by atoms with van der Waals surface area (Å²) in [4.78, 5) is 18.7. The van der Waals surface area contributed by atoms with E-state index in [1.54, 1.807) is 10.6 Å². The number of aryl methyl sites for hydroxylation is 2. The van der Waals surface area contributed by atoms with Crippen LogP contribution >= 0.6 is 11.6 Å². The Morgan fingerprint density at radius 2 is 1.62 bits per heavy atom. The molecule has 0 radical (unpaired) electrons. The zero-order valence-corrected chi connectivity index (χ0v) is 21.5. The largest absolute Gasteiger partial charge is 0.292 e. The molecule has 2 heterocycles. The third-order valence-corrected chi connectivity index (χ3v) is 6.77. The van der Waals surface area contributed by atoms with Crippen molar-refractivity contribution < 1.29 is 0 Å². The number of unbranched alkanes of at least 4 members (excludes halogenated alkanes) is 1. The fourth-order valence-corrected chi connectivity index (χ4v) is 4.79. The maximum Gasteiger partial charge on any atom is 0.262 e. The smallest absolute Gasteiger partial charge is 0.262 e. The van der Waals surface area contributed by atoms with Crippen LogP contribution in [-0.2, 0) is 13.0 Å². The van der Waals surface area contributed by atoms with Gasteiger partial charge < -0.3 is 0 Å². The summed E-state index contributed by atoms with van der Waals surface area (Å²) >= 11 is 6.47. The summed E-state index contributed by atoms with van der Waals surface area (Å²) in [5.41, 5.74) is 5.84. The molecule has 7 nitrogen and oxygen atoms in total. The summed E-state index contributed by atoms with van der Waals surface area (Å²) < 4.78 is 1.80. The van der Waals surface area contributed by atoms with Gasteiger partial charge in [0.2, 0.25) is 5.82 Å². The van der Waals surface area contributed by atoms with Gasteiger partial charge in [0.1, 0.15) is 5.82 Å². The Kier molecular flexibility index (Phi) is 7.23. The molecule has 0 unspecified atom stereocenters. The number of halogens is 1. The van der Waals surface area contributed by atoms with Gasteiger partial charge >= 0.3 is 0 Å². The van der Waals surface area contributed by atoms with Gasteiger partial charge in [0.15, 0.2) is 0 Å². The number of H-pyrrole nitrogens is 1. The Hall–Kier alpha value is -4.10. The van der Waals surface area contributed by atoms with Gasteiger partial charge in [-0.2, -0.15) is 5.21 Å². The van der Waals surface area contributed by atoms with E-state index in [1.165, 1.54) is 0 Å². The van der Waals surface area contributed by atoms with E-state index in [0.29, 0.717) is 34.2 Å². The van der Waals surface area contributed by atoms with Crippen molar-refractivity contribution in [1.29, 1.82) is 0 Å². The number of aromatic nitrogens is 6. The van der Waals surface area contributed by atoms with E-state index in [9.17, 15) is 4.79 Å². The minimum Gasteiger partial charge on any atom is -0.292 e. The third-order valence-electron chi connectivity index (χ3n) is 6.45. The van der Waals surface area contributed by atoms with Crippen molar-refractivity contribution >= 4 is 11.6 Å². The molecular formula is C29H27ClN6O. The molecule has 0 aliphatic carbocycles. The predicted molar refractivity (Wildman–Crippen MR) is 146 cm³/mol. The van der Waals surface area contributed by atoms with Crippen LogP contribution in [0.3, 0.4) is 0 Å². The Bertz CT molecular complexity index is 1580. The van der Waals surface area contributed by atoms with Crippen LogP contribution in [0.1, 0.15) is 36.8 Å². The van der Waals surface area contributed by atoms with E-state index in [2.05, 4.69) is 39.7 Å². The molecule has 37 heavy (non-hydrogen) atoms. The van der Waals surface area contributed by atoms with Crippen molar-refractivity contribution in [3.8, 4) is 33.6 Å². The molecule has 1 N–H and O–H groups in total. The molecule has 8 heteroatoms. The summed E-state index contributed by atoms with van der Waals surface area (Å²) in [6.07, 6.45) is 2.73. The fraction of sp³-hybridized carbons (Fsp3) is 0.207. The highest BCUT2D eigenvalue weighted by molar-refractivity contribution is 6.33. The minimum atomic E-state index is -0.0711. The Morgan fingerprint density at radius 1 is 0.919 bits per heavy atom. The van der Waals surface area contributed by atoms with Crippen molar-refractivity contribution in [1.82, 2.24) is 30.2 Å². The average molecular weight is 511 g/mol. The van der Waals surface area contributed by atoms with Crippen LogP contribution in [0.2, 0.25) is 5.02 Å². The summed E-state index contributed by atoms with van der Waals surface area (Å²) in [6, 6.07) is 23.6. The number of tetrazole rings is 1. The van der Waals surface area contributed by atoms with Crippen LogP contribution in [0, 0.1) is 6.92 Å². The van der Waals surface area contributed by atoms with Crippen LogP contribution in [-0.4, -0.2) is 30.2 Å². The fourth-order valence-electron chi connectivity index (χ4n) is 4.56. The van der Waals surface area contributed by atoms with Crippen molar-refractivity contribution in [3.63, 3.8) is 0 Å². The van der Waals surface area contributed by atoms with Crippen LogP contribution in [0.25, 0.3) is 33.6 Å². The lowest BCUT2D eigenvalue weighted by molar-refractivity contribution is 0.634. The molecule has 0 saturated heterocycles. The maximum atomic E-state index is 13.8. The zero-order valence-electron chi connectivity index (χ0n) is 20.8. The van der Waals surface area contributed by atoms with Gasteiger partial charge in [0, 0.05) is 22.6 Å². The molecule has 5 aromatic rings. The number of benzene rings is 3. The molecule has 5 rings (SSSR count). The predicted octanol–water partition coefficient (Wildman–Crippen LogP) is 6.11. The number of nitrogens with one attached hydrogen (secondary N) is 1. The summed E-state index contributed by atoms with van der Waals surface area (Å²) in [6.45, 7) is 4.45. The molecule has 0 saturated carbocycles. The number of aromatic amines is 1. The van der Waals surface area contributed by atoms with E-state index in [-0.39, 0.29) is 5.56 Å². The second kappa shape index (κ2) is 10.9. The number of rotatable bonds is 8. The third kappa shape index (κ3) is 5.08. The monoisotopic (exact) mass is 510 g/mol. The first-order valence-electron chi connectivity index (χ1n) is 12.3. The molecule has 0 amide bonds. The lowest BCUT2D eigenvalue weighted by atomic mass is 9.98. The molecule has 186 valence electrons. The van der Waals surface area contributed by atoms with Gasteiger partial charge in [-0.25, -0.2) is 4.98 Å². The Morgan fingerprint density at radius 3 is 2.30 bits per heavy atom. The first-order chi connectivity index (χ1) is 18.1. The average Bonchev–Trinajstić information content (AvgIpc) is 3.46.